The topological polar surface area (TPSA) is 59.1 Å². The van der Waals surface area contributed by atoms with E-state index in [1.807, 2.05) is 0 Å². The van der Waals surface area contributed by atoms with Gasteiger partial charge in [0.2, 0.25) is 5.88 Å². The molecule has 0 aliphatic rings. The van der Waals surface area contributed by atoms with Crippen LogP contribution in [0.3, 0.4) is 0 Å². The van der Waals surface area contributed by atoms with Gasteiger partial charge in [-0.3, -0.25) is 0 Å². The lowest BCUT2D eigenvalue weighted by atomic mass is 10.4. The lowest BCUT2D eigenvalue weighted by Gasteiger charge is -1.96. The quantitative estimate of drug-likeness (QED) is 0.643. The van der Waals surface area contributed by atoms with Gasteiger partial charge < -0.3 is 10.8 Å². The summed E-state index contributed by atoms with van der Waals surface area (Å²) >= 11 is 3.12. The number of anilines is 1. The second-order valence-electron chi connectivity index (χ2n) is 1.53. The van der Waals surface area contributed by atoms with Gasteiger partial charge in [-0.15, -0.1) is 0 Å². The highest BCUT2D eigenvalue weighted by atomic mass is 79.9. The first-order chi connectivity index (χ1) is 4.22. The number of aromatic hydroxyl groups is 1. The third-order valence-corrected chi connectivity index (χ3v) is 1.61. The van der Waals surface area contributed by atoms with Crippen LogP contribution in [0.5, 0.6) is 5.88 Å². The van der Waals surface area contributed by atoms with Gasteiger partial charge in [-0.05, 0) is 22.0 Å². The monoisotopic (exact) mass is 188 g/mol. The molecule has 0 bridgehead atoms. The first kappa shape index (κ1) is 6.35. The molecule has 0 aliphatic heterocycles. The molecule has 48 valence electrons. The molecule has 0 aromatic carbocycles. The highest BCUT2D eigenvalue weighted by molar-refractivity contribution is 9.10. The maximum Gasteiger partial charge on any atom is 0.235 e. The summed E-state index contributed by atoms with van der Waals surface area (Å²) in [5.41, 5.74) is 5.60. The van der Waals surface area contributed by atoms with Gasteiger partial charge in [0.25, 0.3) is 0 Å². The maximum absolute atomic E-state index is 8.83. The molecule has 1 heterocycles. The van der Waals surface area contributed by atoms with E-state index in [1.165, 1.54) is 6.20 Å². The van der Waals surface area contributed by atoms with E-state index in [9.17, 15) is 0 Å². The Morgan fingerprint density at radius 3 is 2.78 bits per heavy atom. The van der Waals surface area contributed by atoms with E-state index in [0.717, 1.165) is 0 Å². The van der Waals surface area contributed by atoms with Gasteiger partial charge in [-0.25, -0.2) is 4.98 Å². The Morgan fingerprint density at radius 1 is 1.67 bits per heavy atom. The zero-order valence-electron chi connectivity index (χ0n) is 4.50. The summed E-state index contributed by atoms with van der Waals surface area (Å²) in [5.74, 6) is -0.135. The Hall–Kier alpha value is -0.770. The molecule has 1 rings (SSSR count). The summed E-state index contributed by atoms with van der Waals surface area (Å²) in [5, 5.41) is 8.83. The second kappa shape index (κ2) is 2.23. The summed E-state index contributed by atoms with van der Waals surface area (Å²) in [6.45, 7) is 0. The summed E-state index contributed by atoms with van der Waals surface area (Å²) in [4.78, 5) is 3.54. The standard InChI is InChI=1S/C5H5BrN2O/c6-3-1-2-8-5(9)4(3)7/h1-2H,7H2,(H,8,9). The van der Waals surface area contributed by atoms with Crippen LogP contribution < -0.4 is 5.73 Å². The summed E-state index contributed by atoms with van der Waals surface area (Å²) < 4.78 is 0.662. The first-order valence-electron chi connectivity index (χ1n) is 2.31. The molecular weight excluding hydrogens is 184 g/mol. The Morgan fingerprint density at radius 2 is 2.33 bits per heavy atom. The van der Waals surface area contributed by atoms with Crippen molar-refractivity contribution < 1.29 is 5.11 Å². The van der Waals surface area contributed by atoms with E-state index in [4.69, 9.17) is 10.8 Å². The molecule has 9 heavy (non-hydrogen) atoms. The zero-order chi connectivity index (χ0) is 6.85. The molecule has 0 spiro atoms. The second-order valence-corrected chi connectivity index (χ2v) is 2.38. The molecule has 4 heteroatoms. The van der Waals surface area contributed by atoms with Crippen molar-refractivity contribution in [2.45, 2.75) is 0 Å². The molecule has 0 atom stereocenters. The minimum atomic E-state index is -0.135. The average molecular weight is 189 g/mol. The molecule has 0 amide bonds. The molecule has 3 N–H and O–H groups in total. The Balaban J connectivity index is 3.25. The van der Waals surface area contributed by atoms with Crippen LogP contribution in [0.15, 0.2) is 16.7 Å². The van der Waals surface area contributed by atoms with E-state index in [2.05, 4.69) is 20.9 Å². The highest BCUT2D eigenvalue weighted by Crippen LogP contribution is 2.24. The lowest BCUT2D eigenvalue weighted by Crippen LogP contribution is -1.88. The molecule has 0 saturated heterocycles. The van der Waals surface area contributed by atoms with Crippen LogP contribution in [0.4, 0.5) is 5.69 Å². The molecule has 0 radical (unpaired) electrons. The summed E-state index contributed by atoms with van der Waals surface area (Å²) in [6.07, 6.45) is 1.47. The molecular formula is C5H5BrN2O. The van der Waals surface area contributed by atoms with Gasteiger partial charge in [0.1, 0.15) is 5.69 Å². The van der Waals surface area contributed by atoms with Gasteiger partial charge in [-0.2, -0.15) is 0 Å². The Kier molecular flexibility index (Phi) is 1.57. The predicted molar refractivity (Wildman–Crippen MR) is 38.0 cm³/mol. The van der Waals surface area contributed by atoms with Gasteiger partial charge in [0.05, 0.1) is 0 Å². The number of hydrogen-bond donors (Lipinski definition) is 2. The van der Waals surface area contributed by atoms with E-state index in [-0.39, 0.29) is 11.6 Å². The summed E-state index contributed by atoms with van der Waals surface area (Å²) in [7, 11) is 0. The maximum atomic E-state index is 8.83. The highest BCUT2D eigenvalue weighted by Gasteiger charge is 1.99. The Labute approximate surface area is 60.7 Å². The number of halogens is 1. The fraction of sp³-hybridized carbons (Fsp3) is 0. The minimum Gasteiger partial charge on any atom is -0.492 e. The number of pyridine rings is 1. The molecule has 1 aromatic rings. The number of rotatable bonds is 0. The van der Waals surface area contributed by atoms with Crippen LogP contribution in [0.25, 0.3) is 0 Å². The van der Waals surface area contributed by atoms with Gasteiger partial charge in [-0.1, -0.05) is 0 Å². The number of nitrogens with two attached hydrogens (primary N) is 1. The number of nitrogens with zero attached hydrogens (tertiary/aromatic N) is 1. The third kappa shape index (κ3) is 1.13. The van der Waals surface area contributed by atoms with Crippen LogP contribution >= 0.6 is 15.9 Å². The van der Waals surface area contributed by atoms with Gasteiger partial charge in [0, 0.05) is 10.7 Å². The average Bonchev–Trinajstić information content (AvgIpc) is 1.83. The van der Waals surface area contributed by atoms with Crippen molar-refractivity contribution in [1.29, 1.82) is 0 Å². The van der Waals surface area contributed by atoms with Crippen molar-refractivity contribution in [1.82, 2.24) is 4.98 Å². The summed E-state index contributed by atoms with van der Waals surface area (Å²) in [6, 6.07) is 1.66. The van der Waals surface area contributed by atoms with Gasteiger partial charge in [0.15, 0.2) is 0 Å². The molecule has 0 saturated carbocycles. The normalized spacial score (nSPS) is 9.44. The van der Waals surface area contributed by atoms with Crippen LogP contribution in [-0.4, -0.2) is 10.1 Å². The smallest absolute Gasteiger partial charge is 0.235 e. The fourth-order valence-electron chi connectivity index (χ4n) is 0.439. The van der Waals surface area contributed by atoms with Crippen molar-refractivity contribution in [3.05, 3.63) is 16.7 Å². The zero-order valence-corrected chi connectivity index (χ0v) is 6.09. The molecule has 1 aromatic heterocycles. The van der Waals surface area contributed by atoms with E-state index < -0.39 is 0 Å². The molecule has 0 fully saturated rings. The van der Waals surface area contributed by atoms with Crippen LogP contribution in [0.1, 0.15) is 0 Å². The number of hydrogen-bond acceptors (Lipinski definition) is 3. The van der Waals surface area contributed by atoms with E-state index in [0.29, 0.717) is 4.47 Å². The van der Waals surface area contributed by atoms with Crippen molar-refractivity contribution in [2.75, 3.05) is 5.73 Å². The third-order valence-electron chi connectivity index (χ3n) is 0.916. The Bertz CT molecular complexity index is 206. The molecule has 0 unspecified atom stereocenters. The number of aromatic nitrogens is 1. The first-order valence-corrected chi connectivity index (χ1v) is 3.10. The minimum absolute atomic E-state index is 0.135. The van der Waals surface area contributed by atoms with Crippen LogP contribution in [0, 0.1) is 0 Å². The van der Waals surface area contributed by atoms with Crippen molar-refractivity contribution in [2.24, 2.45) is 0 Å². The van der Waals surface area contributed by atoms with Crippen molar-refractivity contribution in [3.8, 4) is 5.88 Å². The number of nitrogen functional groups attached to an aromatic ring is 1. The predicted octanol–water partition coefficient (Wildman–Crippen LogP) is 1.13. The van der Waals surface area contributed by atoms with Gasteiger partial charge >= 0.3 is 0 Å². The van der Waals surface area contributed by atoms with Crippen LogP contribution in [-0.2, 0) is 0 Å². The SMILES string of the molecule is Nc1c(Br)ccnc1O. The van der Waals surface area contributed by atoms with Crippen molar-refractivity contribution in [3.63, 3.8) is 0 Å². The fourth-order valence-corrected chi connectivity index (χ4v) is 0.735. The largest absolute Gasteiger partial charge is 0.492 e. The lowest BCUT2D eigenvalue weighted by molar-refractivity contribution is 0.456. The van der Waals surface area contributed by atoms with Crippen molar-refractivity contribution >= 4 is 21.6 Å². The van der Waals surface area contributed by atoms with E-state index >= 15 is 0 Å². The van der Waals surface area contributed by atoms with E-state index in [1.54, 1.807) is 6.07 Å². The molecule has 3 nitrogen and oxygen atoms in total. The van der Waals surface area contributed by atoms with Crippen LogP contribution in [0.2, 0.25) is 0 Å². The molecule has 0 aliphatic carbocycles.